The first-order chi connectivity index (χ1) is 11.6. The lowest BCUT2D eigenvalue weighted by atomic mass is 10.1. The summed E-state index contributed by atoms with van der Waals surface area (Å²) in [5.41, 5.74) is 1.17. The molecule has 1 saturated heterocycles. The second-order valence-electron chi connectivity index (χ2n) is 6.11. The fourth-order valence-electron chi connectivity index (χ4n) is 2.93. The topological polar surface area (TPSA) is 74.2 Å². The second-order valence-corrected chi connectivity index (χ2v) is 6.11. The lowest BCUT2D eigenvalue weighted by Crippen LogP contribution is -2.36. The van der Waals surface area contributed by atoms with Gasteiger partial charge in [-0.3, -0.25) is 14.7 Å². The van der Waals surface area contributed by atoms with Gasteiger partial charge in [0.15, 0.2) is 0 Å². The average Bonchev–Trinajstić information content (AvgIpc) is 3.04. The third-order valence-corrected chi connectivity index (χ3v) is 4.19. The van der Waals surface area contributed by atoms with Crippen molar-refractivity contribution in [2.24, 2.45) is 0 Å². The largest absolute Gasteiger partial charge is 0.348 e. The summed E-state index contributed by atoms with van der Waals surface area (Å²) in [5, 5.41) is 3.16. The van der Waals surface area contributed by atoms with E-state index in [2.05, 4.69) is 25.2 Å². The first-order valence-electron chi connectivity index (χ1n) is 8.06. The Morgan fingerprint density at radius 3 is 2.88 bits per heavy atom. The molecule has 7 heteroatoms. The molecule has 3 heterocycles. The molecule has 0 bridgehead atoms. The number of carbonyl (C=O) groups is 1. The van der Waals surface area contributed by atoms with Gasteiger partial charge in [0.25, 0.3) is 0 Å². The van der Waals surface area contributed by atoms with Gasteiger partial charge >= 0.3 is 0 Å². The number of amides is 1. The molecule has 0 saturated carbocycles. The zero-order valence-corrected chi connectivity index (χ0v) is 14.0. The third-order valence-electron chi connectivity index (χ3n) is 4.19. The Bertz CT molecular complexity index is 690. The lowest BCUT2D eigenvalue weighted by molar-refractivity contribution is -0.130. The molecule has 24 heavy (non-hydrogen) atoms. The van der Waals surface area contributed by atoms with Gasteiger partial charge < -0.3 is 10.2 Å². The van der Waals surface area contributed by atoms with Gasteiger partial charge in [0.2, 0.25) is 5.91 Å². The summed E-state index contributed by atoms with van der Waals surface area (Å²) < 4.78 is 0. The number of carbonyl (C=O) groups excluding carboxylic acids is 1. The van der Waals surface area contributed by atoms with Crippen LogP contribution < -0.4 is 5.32 Å². The first-order valence-corrected chi connectivity index (χ1v) is 8.06. The van der Waals surface area contributed by atoms with Crippen LogP contribution >= 0.6 is 0 Å². The number of likely N-dealkylation sites (N-methyl/N-ethyl adjacent to an activating group) is 1. The highest BCUT2D eigenvalue weighted by atomic mass is 16.2. The van der Waals surface area contributed by atoms with Crippen LogP contribution in [0.2, 0.25) is 0 Å². The van der Waals surface area contributed by atoms with Crippen LogP contribution in [0.25, 0.3) is 0 Å². The standard InChI is InChI=1S/C17H22N6O/c1-22(2)17(24)12-23-9-3-4-14(23)13-5-6-19-15(10-13)21-16-11-18-7-8-20-16/h5-8,10-11,14H,3-4,9,12H2,1-2H3,(H,19,20,21). The van der Waals surface area contributed by atoms with Crippen molar-refractivity contribution in [1.82, 2.24) is 24.8 Å². The van der Waals surface area contributed by atoms with E-state index < -0.39 is 0 Å². The molecule has 1 amide bonds. The van der Waals surface area contributed by atoms with Crippen molar-refractivity contribution in [3.8, 4) is 0 Å². The summed E-state index contributed by atoms with van der Waals surface area (Å²) >= 11 is 0. The summed E-state index contributed by atoms with van der Waals surface area (Å²) in [6.45, 7) is 1.40. The number of hydrogen-bond donors (Lipinski definition) is 1. The van der Waals surface area contributed by atoms with Crippen LogP contribution in [0, 0.1) is 0 Å². The van der Waals surface area contributed by atoms with E-state index in [1.165, 1.54) is 5.56 Å². The van der Waals surface area contributed by atoms with E-state index in [1.807, 2.05) is 12.1 Å². The summed E-state index contributed by atoms with van der Waals surface area (Å²) in [7, 11) is 3.59. The van der Waals surface area contributed by atoms with Crippen molar-refractivity contribution in [2.45, 2.75) is 18.9 Å². The molecular weight excluding hydrogens is 304 g/mol. The third kappa shape index (κ3) is 3.86. The minimum Gasteiger partial charge on any atom is -0.348 e. The van der Waals surface area contributed by atoms with Crippen molar-refractivity contribution < 1.29 is 4.79 Å². The number of hydrogen-bond acceptors (Lipinski definition) is 6. The Labute approximate surface area is 141 Å². The summed E-state index contributed by atoms with van der Waals surface area (Å²) in [6, 6.07) is 4.29. The number of likely N-dealkylation sites (tertiary alicyclic amines) is 1. The van der Waals surface area contributed by atoms with Crippen molar-refractivity contribution in [3.05, 3.63) is 42.5 Å². The molecule has 0 aliphatic carbocycles. The number of rotatable bonds is 5. The van der Waals surface area contributed by atoms with Crippen LogP contribution in [0.1, 0.15) is 24.4 Å². The quantitative estimate of drug-likeness (QED) is 0.904. The second kappa shape index (κ2) is 7.35. The molecule has 2 aromatic heterocycles. The molecule has 2 aromatic rings. The van der Waals surface area contributed by atoms with Gasteiger partial charge in [0, 0.05) is 38.7 Å². The molecule has 126 valence electrons. The Balaban J connectivity index is 1.74. The van der Waals surface area contributed by atoms with Gasteiger partial charge in [-0.15, -0.1) is 0 Å². The average molecular weight is 326 g/mol. The molecule has 0 aromatic carbocycles. The zero-order valence-electron chi connectivity index (χ0n) is 14.0. The fourth-order valence-corrected chi connectivity index (χ4v) is 2.93. The van der Waals surface area contributed by atoms with E-state index in [4.69, 9.17) is 0 Å². The highest BCUT2D eigenvalue weighted by Gasteiger charge is 2.28. The SMILES string of the molecule is CN(C)C(=O)CN1CCCC1c1ccnc(Nc2cnccn2)c1. The number of aromatic nitrogens is 3. The van der Waals surface area contributed by atoms with E-state index in [-0.39, 0.29) is 11.9 Å². The Kier molecular flexibility index (Phi) is 5.00. The van der Waals surface area contributed by atoms with E-state index in [0.29, 0.717) is 12.4 Å². The number of nitrogens with one attached hydrogen (secondary N) is 1. The van der Waals surface area contributed by atoms with Crippen LogP contribution in [0.15, 0.2) is 36.9 Å². The smallest absolute Gasteiger partial charge is 0.236 e. The van der Waals surface area contributed by atoms with Crippen molar-refractivity contribution in [3.63, 3.8) is 0 Å². The van der Waals surface area contributed by atoms with E-state index in [1.54, 1.807) is 43.8 Å². The maximum atomic E-state index is 12.0. The molecule has 3 rings (SSSR count). The normalized spacial score (nSPS) is 17.7. The van der Waals surface area contributed by atoms with Gasteiger partial charge in [-0.2, -0.15) is 0 Å². The van der Waals surface area contributed by atoms with Crippen LogP contribution in [-0.2, 0) is 4.79 Å². The van der Waals surface area contributed by atoms with Crippen molar-refractivity contribution in [2.75, 3.05) is 32.5 Å². The molecule has 1 aliphatic heterocycles. The lowest BCUT2D eigenvalue weighted by Gasteiger charge is -2.25. The molecule has 1 unspecified atom stereocenters. The minimum atomic E-state index is 0.133. The molecule has 0 spiro atoms. The van der Waals surface area contributed by atoms with Crippen molar-refractivity contribution in [1.29, 1.82) is 0 Å². The molecule has 1 atom stereocenters. The molecule has 7 nitrogen and oxygen atoms in total. The van der Waals surface area contributed by atoms with Gasteiger partial charge in [-0.05, 0) is 37.1 Å². The van der Waals surface area contributed by atoms with E-state index in [9.17, 15) is 4.79 Å². The van der Waals surface area contributed by atoms with Crippen LogP contribution in [-0.4, -0.2) is 57.8 Å². The van der Waals surface area contributed by atoms with Crippen molar-refractivity contribution >= 4 is 17.5 Å². The monoisotopic (exact) mass is 326 g/mol. The Morgan fingerprint density at radius 2 is 2.12 bits per heavy atom. The maximum absolute atomic E-state index is 12.0. The van der Waals surface area contributed by atoms with Gasteiger partial charge in [-0.1, -0.05) is 0 Å². The molecular formula is C17H22N6O. The summed E-state index contributed by atoms with van der Waals surface area (Å²) in [4.78, 5) is 28.5. The number of nitrogens with zero attached hydrogens (tertiary/aromatic N) is 5. The molecule has 1 aliphatic rings. The van der Waals surface area contributed by atoms with Crippen LogP contribution in [0.4, 0.5) is 11.6 Å². The fraction of sp³-hybridized carbons (Fsp3) is 0.412. The predicted molar refractivity (Wildman–Crippen MR) is 91.8 cm³/mol. The molecule has 0 radical (unpaired) electrons. The van der Waals surface area contributed by atoms with Crippen LogP contribution in [0.5, 0.6) is 0 Å². The van der Waals surface area contributed by atoms with E-state index in [0.717, 1.165) is 25.2 Å². The number of anilines is 2. The first kappa shape index (κ1) is 16.3. The summed E-state index contributed by atoms with van der Waals surface area (Å²) in [5.74, 6) is 1.53. The van der Waals surface area contributed by atoms with E-state index >= 15 is 0 Å². The maximum Gasteiger partial charge on any atom is 0.236 e. The Morgan fingerprint density at radius 1 is 1.29 bits per heavy atom. The Hall–Kier alpha value is -2.54. The van der Waals surface area contributed by atoms with Gasteiger partial charge in [0.1, 0.15) is 11.6 Å². The highest BCUT2D eigenvalue weighted by molar-refractivity contribution is 5.77. The van der Waals surface area contributed by atoms with Gasteiger partial charge in [0.05, 0.1) is 12.7 Å². The molecule has 1 fully saturated rings. The predicted octanol–water partition coefficient (Wildman–Crippen LogP) is 1.84. The van der Waals surface area contributed by atoms with Crippen LogP contribution in [0.3, 0.4) is 0 Å². The molecule has 1 N–H and O–H groups in total. The minimum absolute atomic E-state index is 0.133. The zero-order chi connectivity index (χ0) is 16.9. The highest BCUT2D eigenvalue weighted by Crippen LogP contribution is 2.32. The van der Waals surface area contributed by atoms with Gasteiger partial charge in [-0.25, -0.2) is 9.97 Å². The number of pyridine rings is 1. The summed E-state index contributed by atoms with van der Waals surface area (Å²) in [6.07, 6.45) is 8.87.